The zero-order valence-corrected chi connectivity index (χ0v) is 9.34. The third-order valence-corrected chi connectivity index (χ3v) is 2.51. The smallest absolute Gasteiger partial charge is 0.324 e. The second kappa shape index (κ2) is 4.50. The Labute approximate surface area is 99.3 Å². The zero-order valence-electron chi connectivity index (χ0n) is 8.58. The Morgan fingerprint density at radius 2 is 2.00 bits per heavy atom. The summed E-state index contributed by atoms with van der Waals surface area (Å²) in [4.78, 5) is 9.60. The first-order valence-electron chi connectivity index (χ1n) is 4.45. The van der Waals surface area contributed by atoms with Crippen LogP contribution in [0.5, 0.6) is 0 Å². The van der Waals surface area contributed by atoms with Gasteiger partial charge in [-0.3, -0.25) is 10.1 Å². The largest absolute Gasteiger partial charge is 0.418 e. The normalized spacial score (nSPS) is 13.5. The van der Waals surface area contributed by atoms with Gasteiger partial charge < -0.3 is 5.73 Å². The van der Waals surface area contributed by atoms with E-state index >= 15 is 0 Å². The molecular formula is C9H8ClF3N2O2. The number of hydrogen-bond acceptors (Lipinski definition) is 3. The molecule has 0 aliphatic carbocycles. The summed E-state index contributed by atoms with van der Waals surface area (Å²) in [5.41, 5.74) is 3.38. The van der Waals surface area contributed by atoms with E-state index in [1.165, 1.54) is 6.92 Å². The summed E-state index contributed by atoms with van der Waals surface area (Å²) in [6.45, 7) is 1.39. The van der Waals surface area contributed by atoms with Gasteiger partial charge in [0, 0.05) is 18.2 Å². The minimum absolute atomic E-state index is 0.104. The number of nitrogens with two attached hydrogens (primary N) is 1. The minimum atomic E-state index is -4.76. The first-order valence-corrected chi connectivity index (χ1v) is 4.83. The molecule has 1 aromatic carbocycles. The van der Waals surface area contributed by atoms with Crippen LogP contribution in [0.3, 0.4) is 0 Å². The fraction of sp³-hybridized carbons (Fsp3) is 0.333. The van der Waals surface area contributed by atoms with E-state index in [9.17, 15) is 23.3 Å². The van der Waals surface area contributed by atoms with Crippen molar-refractivity contribution in [3.8, 4) is 0 Å². The van der Waals surface area contributed by atoms with Crippen molar-refractivity contribution < 1.29 is 18.1 Å². The van der Waals surface area contributed by atoms with E-state index in [-0.39, 0.29) is 5.56 Å². The van der Waals surface area contributed by atoms with Crippen molar-refractivity contribution >= 4 is 17.3 Å². The van der Waals surface area contributed by atoms with E-state index in [1.54, 1.807) is 0 Å². The van der Waals surface area contributed by atoms with Gasteiger partial charge in [-0.2, -0.15) is 13.2 Å². The predicted molar refractivity (Wildman–Crippen MR) is 55.7 cm³/mol. The third-order valence-electron chi connectivity index (χ3n) is 2.09. The Hall–Kier alpha value is -1.34. The van der Waals surface area contributed by atoms with Crippen molar-refractivity contribution in [2.45, 2.75) is 19.1 Å². The molecule has 0 bridgehead atoms. The van der Waals surface area contributed by atoms with Crippen molar-refractivity contribution in [3.63, 3.8) is 0 Å². The number of rotatable bonds is 2. The summed E-state index contributed by atoms with van der Waals surface area (Å²) in [6.07, 6.45) is -4.76. The molecule has 2 N–H and O–H groups in total. The molecule has 0 fully saturated rings. The highest BCUT2D eigenvalue weighted by Gasteiger charge is 2.36. The highest BCUT2D eigenvalue weighted by Crippen LogP contribution is 2.40. The number of halogens is 4. The van der Waals surface area contributed by atoms with Crippen LogP contribution in [0.25, 0.3) is 0 Å². The van der Waals surface area contributed by atoms with E-state index < -0.39 is 33.4 Å². The highest BCUT2D eigenvalue weighted by atomic mass is 35.5. The van der Waals surface area contributed by atoms with Crippen LogP contribution >= 0.6 is 11.6 Å². The highest BCUT2D eigenvalue weighted by molar-refractivity contribution is 6.32. The average Bonchev–Trinajstić information content (AvgIpc) is 2.15. The fourth-order valence-electron chi connectivity index (χ4n) is 1.27. The summed E-state index contributed by atoms with van der Waals surface area (Å²) in [5.74, 6) is 0. The molecule has 0 saturated heterocycles. The molecule has 0 spiro atoms. The predicted octanol–water partition coefficient (Wildman–Crippen LogP) is 3.29. The first kappa shape index (κ1) is 13.7. The maximum Gasteiger partial charge on any atom is 0.418 e. The molecule has 1 rings (SSSR count). The van der Waals surface area contributed by atoms with Crippen LogP contribution in [0.15, 0.2) is 12.1 Å². The lowest BCUT2D eigenvalue weighted by Gasteiger charge is -2.14. The van der Waals surface area contributed by atoms with E-state index in [2.05, 4.69) is 0 Å². The number of hydrogen-bond donors (Lipinski definition) is 1. The van der Waals surface area contributed by atoms with Crippen molar-refractivity contribution in [2.24, 2.45) is 5.73 Å². The van der Waals surface area contributed by atoms with E-state index in [4.69, 9.17) is 17.3 Å². The van der Waals surface area contributed by atoms with Gasteiger partial charge in [-0.05, 0) is 12.5 Å². The molecule has 94 valence electrons. The third kappa shape index (κ3) is 2.86. The molecular weight excluding hydrogens is 261 g/mol. The Bertz CT molecular complexity index is 460. The molecule has 17 heavy (non-hydrogen) atoms. The number of benzene rings is 1. The van der Waals surface area contributed by atoms with Gasteiger partial charge in [0.05, 0.1) is 15.5 Å². The molecule has 1 aromatic rings. The van der Waals surface area contributed by atoms with E-state index in [1.807, 2.05) is 0 Å². The van der Waals surface area contributed by atoms with E-state index in [0.717, 1.165) is 6.07 Å². The SMILES string of the molecule is CC(N)c1cc([N+](=O)[O-])cc(C(F)(F)F)c1Cl. The van der Waals surface area contributed by atoms with Crippen molar-refractivity contribution in [2.75, 3.05) is 0 Å². The molecule has 0 saturated carbocycles. The average molecular weight is 269 g/mol. The van der Waals surface area contributed by atoms with Crippen LogP contribution < -0.4 is 5.73 Å². The van der Waals surface area contributed by atoms with Gasteiger partial charge in [0.2, 0.25) is 0 Å². The Morgan fingerprint density at radius 1 is 1.47 bits per heavy atom. The number of non-ortho nitro benzene ring substituents is 1. The van der Waals surface area contributed by atoms with Crippen LogP contribution in [0.1, 0.15) is 24.1 Å². The van der Waals surface area contributed by atoms with Crippen molar-refractivity contribution in [1.82, 2.24) is 0 Å². The maximum absolute atomic E-state index is 12.6. The molecule has 0 aromatic heterocycles. The summed E-state index contributed by atoms with van der Waals surface area (Å²) >= 11 is 5.54. The molecule has 0 aliphatic heterocycles. The number of alkyl halides is 3. The molecule has 0 aliphatic rings. The van der Waals surface area contributed by atoms with Crippen molar-refractivity contribution in [3.05, 3.63) is 38.4 Å². The lowest BCUT2D eigenvalue weighted by Crippen LogP contribution is -2.12. The Balaban J connectivity index is 3.55. The second-order valence-electron chi connectivity index (χ2n) is 3.44. The van der Waals surface area contributed by atoms with Crippen LogP contribution in [-0.4, -0.2) is 4.92 Å². The number of nitro benzene ring substituents is 1. The summed E-state index contributed by atoms with van der Waals surface area (Å²) < 4.78 is 37.8. The van der Waals surface area contributed by atoms with Crippen LogP contribution in [0.2, 0.25) is 5.02 Å². The molecule has 0 radical (unpaired) electrons. The van der Waals surface area contributed by atoms with Crippen molar-refractivity contribution in [1.29, 1.82) is 0 Å². The van der Waals surface area contributed by atoms with Crippen LogP contribution in [0.4, 0.5) is 18.9 Å². The molecule has 0 heterocycles. The molecule has 4 nitrogen and oxygen atoms in total. The van der Waals surface area contributed by atoms with Gasteiger partial charge in [-0.1, -0.05) is 11.6 Å². The van der Waals surface area contributed by atoms with Gasteiger partial charge in [0.25, 0.3) is 5.69 Å². The van der Waals surface area contributed by atoms with Crippen LogP contribution in [0, 0.1) is 10.1 Å². The zero-order chi connectivity index (χ0) is 13.4. The van der Waals surface area contributed by atoms with Gasteiger partial charge in [0.15, 0.2) is 0 Å². The topological polar surface area (TPSA) is 69.2 Å². The van der Waals surface area contributed by atoms with Gasteiger partial charge >= 0.3 is 6.18 Å². The second-order valence-corrected chi connectivity index (χ2v) is 3.82. The number of nitrogens with zero attached hydrogens (tertiary/aromatic N) is 1. The molecule has 8 heteroatoms. The molecule has 1 atom stereocenters. The summed E-state index contributed by atoms with van der Waals surface area (Å²) in [6, 6.07) is 0.514. The number of nitro groups is 1. The summed E-state index contributed by atoms with van der Waals surface area (Å²) in [5, 5.41) is 9.92. The van der Waals surface area contributed by atoms with Gasteiger partial charge in [-0.15, -0.1) is 0 Å². The van der Waals surface area contributed by atoms with Gasteiger partial charge in [0.1, 0.15) is 0 Å². The summed E-state index contributed by atoms with van der Waals surface area (Å²) in [7, 11) is 0. The minimum Gasteiger partial charge on any atom is -0.324 e. The molecule has 0 amide bonds. The maximum atomic E-state index is 12.6. The Kier molecular flexibility index (Phi) is 3.63. The quantitative estimate of drug-likeness (QED) is 0.661. The Morgan fingerprint density at radius 3 is 2.35 bits per heavy atom. The van der Waals surface area contributed by atoms with Gasteiger partial charge in [-0.25, -0.2) is 0 Å². The van der Waals surface area contributed by atoms with E-state index in [0.29, 0.717) is 6.07 Å². The standard InChI is InChI=1S/C9H8ClF3N2O2/c1-4(14)6-2-5(15(16)17)3-7(8(6)10)9(11,12)13/h2-4H,14H2,1H3. The fourth-order valence-corrected chi connectivity index (χ4v) is 1.66. The molecule has 1 unspecified atom stereocenters. The monoisotopic (exact) mass is 268 g/mol. The lowest BCUT2D eigenvalue weighted by atomic mass is 10.0. The lowest BCUT2D eigenvalue weighted by molar-refractivity contribution is -0.385. The van der Waals surface area contributed by atoms with Crippen LogP contribution in [-0.2, 0) is 6.18 Å². The first-order chi connectivity index (χ1) is 7.64.